The van der Waals surface area contributed by atoms with Gasteiger partial charge in [-0.15, -0.1) is 23.1 Å². The summed E-state index contributed by atoms with van der Waals surface area (Å²) in [6.07, 6.45) is 4.03. The number of thioether (sulfide) groups is 1. The third-order valence-corrected chi connectivity index (χ3v) is 6.66. The zero-order chi connectivity index (χ0) is 21.8. The lowest BCUT2D eigenvalue weighted by atomic mass is 10.1. The van der Waals surface area contributed by atoms with Crippen molar-refractivity contribution in [1.82, 2.24) is 19.7 Å². The largest absolute Gasteiger partial charge is 0.477 e. The van der Waals surface area contributed by atoms with Gasteiger partial charge in [-0.25, -0.2) is 14.4 Å². The van der Waals surface area contributed by atoms with Crippen molar-refractivity contribution in [3.63, 3.8) is 0 Å². The van der Waals surface area contributed by atoms with E-state index in [-0.39, 0.29) is 5.82 Å². The summed E-state index contributed by atoms with van der Waals surface area (Å²) in [5.41, 5.74) is 2.51. The predicted molar refractivity (Wildman–Crippen MR) is 128 cm³/mol. The van der Waals surface area contributed by atoms with Gasteiger partial charge in [0.1, 0.15) is 5.82 Å². The number of nitrogens with one attached hydrogen (secondary N) is 1. The lowest BCUT2D eigenvalue weighted by Crippen LogP contribution is -2.15. The Morgan fingerprint density at radius 3 is 2.84 bits per heavy atom. The Balaban J connectivity index is 1.27. The SMILES string of the molecule is Fc1ccc2cc(CNCc3cn4ccsc4n3)c(OCCSc3ccccc3)nc2c1. The number of ether oxygens (including phenoxy) is 1. The molecule has 0 fully saturated rings. The monoisotopic (exact) mass is 464 g/mol. The van der Waals surface area contributed by atoms with Crippen LogP contribution in [-0.4, -0.2) is 26.7 Å². The van der Waals surface area contributed by atoms with Crippen molar-refractivity contribution < 1.29 is 9.13 Å². The van der Waals surface area contributed by atoms with E-state index in [2.05, 4.69) is 27.4 Å². The van der Waals surface area contributed by atoms with E-state index in [1.165, 1.54) is 17.0 Å². The van der Waals surface area contributed by atoms with Crippen molar-refractivity contribution in [3.8, 4) is 5.88 Å². The highest BCUT2D eigenvalue weighted by Gasteiger charge is 2.10. The third-order valence-electron chi connectivity index (χ3n) is 4.92. The Bertz CT molecular complexity index is 1310. The molecule has 0 radical (unpaired) electrons. The zero-order valence-electron chi connectivity index (χ0n) is 17.2. The van der Waals surface area contributed by atoms with Gasteiger partial charge in [-0.2, -0.15) is 0 Å². The standard InChI is InChI=1S/C24H21FN4OS2/c25-19-7-6-17-12-18(14-26-15-20-16-29-8-10-32-24(29)27-20)23(28-22(17)13-19)30-9-11-31-21-4-2-1-3-5-21/h1-8,10,12-13,16,26H,9,11,14-15H2. The van der Waals surface area contributed by atoms with Gasteiger partial charge in [-0.05, 0) is 30.3 Å². The first-order chi connectivity index (χ1) is 15.7. The van der Waals surface area contributed by atoms with Gasteiger partial charge in [-0.3, -0.25) is 4.40 Å². The molecule has 0 bridgehead atoms. The Labute approximate surface area is 193 Å². The van der Waals surface area contributed by atoms with Crippen molar-refractivity contribution in [2.75, 3.05) is 12.4 Å². The molecular weight excluding hydrogens is 443 g/mol. The normalized spacial score (nSPS) is 11.4. The molecule has 0 spiro atoms. The summed E-state index contributed by atoms with van der Waals surface area (Å²) in [5.74, 6) is 1.03. The van der Waals surface area contributed by atoms with Gasteiger partial charge in [0.15, 0.2) is 4.96 Å². The van der Waals surface area contributed by atoms with E-state index in [4.69, 9.17) is 4.74 Å². The van der Waals surface area contributed by atoms with Gasteiger partial charge in [0.25, 0.3) is 0 Å². The van der Waals surface area contributed by atoms with Crippen LogP contribution in [0.1, 0.15) is 11.3 Å². The number of thiazole rings is 1. The van der Waals surface area contributed by atoms with E-state index < -0.39 is 0 Å². The van der Waals surface area contributed by atoms with Crippen molar-refractivity contribution in [2.24, 2.45) is 0 Å². The summed E-state index contributed by atoms with van der Waals surface area (Å²) in [6.45, 7) is 1.73. The number of pyridine rings is 1. The highest BCUT2D eigenvalue weighted by Crippen LogP contribution is 2.24. The average molecular weight is 465 g/mol. The number of hydrogen-bond acceptors (Lipinski definition) is 6. The Morgan fingerprint density at radius 2 is 1.97 bits per heavy atom. The van der Waals surface area contributed by atoms with Crippen LogP contribution >= 0.6 is 23.1 Å². The molecule has 3 heterocycles. The second-order valence-electron chi connectivity index (χ2n) is 7.23. The molecular formula is C24H21FN4OS2. The Hall–Kier alpha value is -2.94. The van der Waals surface area contributed by atoms with Crippen LogP contribution in [0.3, 0.4) is 0 Å². The number of hydrogen-bond donors (Lipinski definition) is 1. The lowest BCUT2D eigenvalue weighted by Gasteiger charge is -2.13. The lowest BCUT2D eigenvalue weighted by molar-refractivity contribution is 0.326. The van der Waals surface area contributed by atoms with E-state index in [1.54, 1.807) is 29.2 Å². The van der Waals surface area contributed by atoms with E-state index >= 15 is 0 Å². The molecule has 8 heteroatoms. The summed E-state index contributed by atoms with van der Waals surface area (Å²) in [7, 11) is 0. The van der Waals surface area contributed by atoms with Gasteiger partial charge in [0.2, 0.25) is 5.88 Å². The Morgan fingerprint density at radius 1 is 1.06 bits per heavy atom. The summed E-state index contributed by atoms with van der Waals surface area (Å²) < 4.78 is 21.8. The molecule has 0 aliphatic carbocycles. The average Bonchev–Trinajstić information content (AvgIpc) is 3.40. The van der Waals surface area contributed by atoms with Gasteiger partial charge in [-0.1, -0.05) is 18.2 Å². The first-order valence-corrected chi connectivity index (χ1v) is 12.1. The van der Waals surface area contributed by atoms with Gasteiger partial charge >= 0.3 is 0 Å². The number of halogens is 1. The molecule has 2 aromatic carbocycles. The summed E-state index contributed by atoms with van der Waals surface area (Å²) in [5, 5.41) is 6.33. The van der Waals surface area contributed by atoms with Gasteiger partial charge in [0, 0.05) is 58.5 Å². The molecule has 3 aromatic heterocycles. The molecule has 0 atom stereocenters. The maximum absolute atomic E-state index is 13.7. The van der Waals surface area contributed by atoms with E-state index in [9.17, 15) is 4.39 Å². The molecule has 32 heavy (non-hydrogen) atoms. The van der Waals surface area contributed by atoms with Crippen molar-refractivity contribution >= 4 is 39.0 Å². The minimum Gasteiger partial charge on any atom is -0.477 e. The second-order valence-corrected chi connectivity index (χ2v) is 9.27. The summed E-state index contributed by atoms with van der Waals surface area (Å²) in [4.78, 5) is 11.4. The van der Waals surface area contributed by atoms with Crippen LogP contribution in [-0.2, 0) is 13.1 Å². The molecule has 5 rings (SSSR count). The van der Waals surface area contributed by atoms with Crippen LogP contribution in [0, 0.1) is 5.82 Å². The first-order valence-electron chi connectivity index (χ1n) is 10.3. The molecule has 0 saturated carbocycles. The topological polar surface area (TPSA) is 51.5 Å². The fourth-order valence-electron chi connectivity index (χ4n) is 3.42. The minimum atomic E-state index is -0.304. The highest BCUT2D eigenvalue weighted by atomic mass is 32.2. The zero-order valence-corrected chi connectivity index (χ0v) is 18.8. The molecule has 0 aliphatic rings. The number of benzene rings is 2. The van der Waals surface area contributed by atoms with E-state index in [0.29, 0.717) is 31.1 Å². The molecule has 0 amide bonds. The number of rotatable bonds is 9. The van der Waals surface area contributed by atoms with Crippen LogP contribution < -0.4 is 10.1 Å². The van der Waals surface area contributed by atoms with Crippen LogP contribution in [0.5, 0.6) is 5.88 Å². The van der Waals surface area contributed by atoms with Crippen LogP contribution in [0.2, 0.25) is 0 Å². The van der Waals surface area contributed by atoms with Crippen molar-refractivity contribution in [1.29, 1.82) is 0 Å². The smallest absolute Gasteiger partial charge is 0.218 e. The maximum Gasteiger partial charge on any atom is 0.218 e. The van der Waals surface area contributed by atoms with Crippen molar-refractivity contribution in [3.05, 3.63) is 89.4 Å². The number of imidazole rings is 1. The fraction of sp³-hybridized carbons (Fsp3) is 0.167. The van der Waals surface area contributed by atoms with Crippen LogP contribution in [0.4, 0.5) is 4.39 Å². The molecule has 162 valence electrons. The van der Waals surface area contributed by atoms with Gasteiger partial charge in [0.05, 0.1) is 17.8 Å². The number of aromatic nitrogens is 3. The molecule has 1 N–H and O–H groups in total. The van der Waals surface area contributed by atoms with Gasteiger partial charge < -0.3 is 10.1 Å². The minimum absolute atomic E-state index is 0.304. The second kappa shape index (κ2) is 9.68. The fourth-order valence-corrected chi connectivity index (χ4v) is 4.89. The molecule has 0 aliphatic heterocycles. The highest BCUT2D eigenvalue weighted by molar-refractivity contribution is 7.99. The molecule has 5 aromatic rings. The molecule has 5 nitrogen and oxygen atoms in total. The van der Waals surface area contributed by atoms with Crippen molar-refractivity contribution in [2.45, 2.75) is 18.0 Å². The third kappa shape index (κ3) is 4.93. The van der Waals surface area contributed by atoms with Crippen LogP contribution in [0.15, 0.2) is 77.3 Å². The predicted octanol–water partition coefficient (Wildman–Crippen LogP) is 5.54. The summed E-state index contributed by atoms with van der Waals surface area (Å²) in [6, 6.07) is 16.9. The maximum atomic E-state index is 13.7. The van der Waals surface area contributed by atoms with E-state index in [1.807, 2.05) is 46.4 Å². The first kappa shape index (κ1) is 20.9. The molecule has 0 saturated heterocycles. The molecule has 0 unspecified atom stereocenters. The summed E-state index contributed by atoms with van der Waals surface area (Å²) >= 11 is 3.35. The number of nitrogens with zero attached hydrogens (tertiary/aromatic N) is 3. The number of fused-ring (bicyclic) bond motifs is 2. The Kier molecular flexibility index (Phi) is 6.34. The van der Waals surface area contributed by atoms with Crippen LogP contribution in [0.25, 0.3) is 15.9 Å². The van der Waals surface area contributed by atoms with E-state index in [0.717, 1.165) is 27.4 Å². The quantitative estimate of drug-likeness (QED) is 0.229.